The summed E-state index contributed by atoms with van der Waals surface area (Å²) in [6.45, 7) is 2.01. The zero-order chi connectivity index (χ0) is 13.2. The molecule has 5 heteroatoms. The molecule has 1 fully saturated rings. The second kappa shape index (κ2) is 4.90. The summed E-state index contributed by atoms with van der Waals surface area (Å²) in [6, 6.07) is 4.77. The van der Waals surface area contributed by atoms with E-state index in [-0.39, 0.29) is 0 Å². The molecule has 0 spiro atoms. The Bertz CT molecular complexity index is 624. The summed E-state index contributed by atoms with van der Waals surface area (Å²) in [5.41, 5.74) is 2.58. The van der Waals surface area contributed by atoms with Gasteiger partial charge in [-0.25, -0.2) is 4.98 Å². The van der Waals surface area contributed by atoms with Crippen LogP contribution >= 0.6 is 0 Å². The Morgan fingerprint density at radius 3 is 3.26 bits per heavy atom. The van der Waals surface area contributed by atoms with E-state index in [9.17, 15) is 5.26 Å². The van der Waals surface area contributed by atoms with Crippen molar-refractivity contribution in [3.8, 4) is 6.07 Å². The van der Waals surface area contributed by atoms with Crippen LogP contribution in [0.4, 0.5) is 5.69 Å². The number of nitrogens with one attached hydrogen (secondary N) is 2. The number of anilines is 1. The van der Waals surface area contributed by atoms with Crippen LogP contribution in [-0.4, -0.2) is 36.1 Å². The number of piperidine rings is 1. The van der Waals surface area contributed by atoms with Crippen molar-refractivity contribution < 1.29 is 0 Å². The van der Waals surface area contributed by atoms with Gasteiger partial charge in [0.05, 0.1) is 16.6 Å². The molecular formula is C14H17N5. The summed E-state index contributed by atoms with van der Waals surface area (Å²) in [4.78, 5) is 9.71. The first-order chi connectivity index (χ1) is 9.33. The van der Waals surface area contributed by atoms with Crippen molar-refractivity contribution >= 4 is 16.7 Å². The summed E-state index contributed by atoms with van der Waals surface area (Å²) in [6.07, 6.45) is 5.92. The number of aromatic amines is 1. The van der Waals surface area contributed by atoms with Crippen LogP contribution in [0, 0.1) is 11.3 Å². The molecule has 1 aliphatic rings. The highest BCUT2D eigenvalue weighted by atomic mass is 15.2. The highest BCUT2D eigenvalue weighted by molar-refractivity contribution is 5.94. The van der Waals surface area contributed by atoms with Gasteiger partial charge in [0.15, 0.2) is 0 Å². The molecule has 1 saturated heterocycles. The van der Waals surface area contributed by atoms with Gasteiger partial charge in [0.25, 0.3) is 0 Å². The van der Waals surface area contributed by atoms with E-state index < -0.39 is 0 Å². The van der Waals surface area contributed by atoms with Crippen molar-refractivity contribution in [3.63, 3.8) is 0 Å². The van der Waals surface area contributed by atoms with Gasteiger partial charge in [-0.15, -0.1) is 0 Å². The Balaban J connectivity index is 2.04. The van der Waals surface area contributed by atoms with Crippen LogP contribution in [0.3, 0.4) is 0 Å². The quantitative estimate of drug-likeness (QED) is 0.855. The van der Waals surface area contributed by atoms with Crippen molar-refractivity contribution in [2.45, 2.75) is 18.9 Å². The zero-order valence-electron chi connectivity index (χ0n) is 11.0. The summed E-state index contributed by atoms with van der Waals surface area (Å²) in [5.74, 6) is 0. The number of rotatable bonds is 2. The molecule has 1 aliphatic heterocycles. The molecule has 2 N–H and O–H groups in total. The minimum absolute atomic E-state index is 0.515. The number of fused-ring (bicyclic) bond motifs is 1. The number of nitriles is 1. The van der Waals surface area contributed by atoms with Crippen molar-refractivity contribution in [2.24, 2.45) is 0 Å². The molecule has 1 unspecified atom stereocenters. The lowest BCUT2D eigenvalue weighted by molar-refractivity contribution is 0.450. The summed E-state index contributed by atoms with van der Waals surface area (Å²) >= 11 is 0. The number of hydrogen-bond acceptors (Lipinski definition) is 4. The minimum Gasteiger partial charge on any atom is -0.369 e. The van der Waals surface area contributed by atoms with Crippen LogP contribution in [0.25, 0.3) is 11.0 Å². The maximum absolute atomic E-state index is 9.22. The van der Waals surface area contributed by atoms with Crippen LogP contribution in [0.2, 0.25) is 0 Å². The van der Waals surface area contributed by atoms with E-state index in [0.29, 0.717) is 11.6 Å². The first kappa shape index (κ1) is 12.0. The fourth-order valence-corrected chi connectivity index (χ4v) is 2.82. The van der Waals surface area contributed by atoms with Crippen molar-refractivity contribution in [2.75, 3.05) is 25.0 Å². The Kier molecular flexibility index (Phi) is 3.10. The molecule has 0 aromatic carbocycles. The van der Waals surface area contributed by atoms with E-state index in [4.69, 9.17) is 0 Å². The van der Waals surface area contributed by atoms with E-state index in [0.717, 1.165) is 29.8 Å². The van der Waals surface area contributed by atoms with E-state index >= 15 is 0 Å². The highest BCUT2D eigenvalue weighted by Crippen LogP contribution is 2.29. The first-order valence-corrected chi connectivity index (χ1v) is 6.62. The molecule has 98 valence electrons. The van der Waals surface area contributed by atoms with Crippen molar-refractivity contribution in [1.82, 2.24) is 15.3 Å². The number of aromatic nitrogens is 2. The molecule has 0 radical (unpaired) electrons. The number of pyridine rings is 1. The number of hydrogen-bond donors (Lipinski definition) is 2. The maximum Gasteiger partial charge on any atom is 0.140 e. The molecule has 3 heterocycles. The van der Waals surface area contributed by atoms with Crippen LogP contribution in [0.1, 0.15) is 18.4 Å². The van der Waals surface area contributed by atoms with Crippen molar-refractivity contribution in [1.29, 1.82) is 5.26 Å². The Hall–Kier alpha value is -2.06. The lowest BCUT2D eigenvalue weighted by Gasteiger charge is -2.34. The predicted molar refractivity (Wildman–Crippen MR) is 75.1 cm³/mol. The summed E-state index contributed by atoms with van der Waals surface area (Å²) in [5, 5.41) is 13.5. The molecule has 3 rings (SSSR count). The molecule has 0 bridgehead atoms. The molecule has 0 aliphatic carbocycles. The van der Waals surface area contributed by atoms with Gasteiger partial charge in [0.2, 0.25) is 0 Å². The van der Waals surface area contributed by atoms with E-state index in [1.807, 2.05) is 13.1 Å². The molecule has 2 aromatic heterocycles. The number of nitrogens with zero attached hydrogens (tertiary/aromatic N) is 3. The summed E-state index contributed by atoms with van der Waals surface area (Å²) < 4.78 is 0. The lowest BCUT2D eigenvalue weighted by Crippen LogP contribution is -2.44. The fourth-order valence-electron chi connectivity index (χ4n) is 2.82. The van der Waals surface area contributed by atoms with Gasteiger partial charge < -0.3 is 15.2 Å². The predicted octanol–water partition coefficient (Wildman–Crippen LogP) is 1.62. The minimum atomic E-state index is 0.515. The van der Waals surface area contributed by atoms with E-state index in [1.54, 1.807) is 12.4 Å². The third kappa shape index (κ3) is 2.04. The van der Waals surface area contributed by atoms with E-state index in [1.165, 1.54) is 12.8 Å². The van der Waals surface area contributed by atoms with Gasteiger partial charge in [-0.2, -0.15) is 5.26 Å². The SMILES string of the molecule is CNC1CCCN(c2ccnc3[nH]cc(C#N)c23)C1. The maximum atomic E-state index is 9.22. The smallest absolute Gasteiger partial charge is 0.140 e. The lowest BCUT2D eigenvalue weighted by atomic mass is 10.0. The van der Waals surface area contributed by atoms with Crippen LogP contribution in [0.15, 0.2) is 18.5 Å². The molecule has 1 atom stereocenters. The second-order valence-electron chi connectivity index (χ2n) is 4.94. The van der Waals surface area contributed by atoms with Crippen LogP contribution in [0.5, 0.6) is 0 Å². The molecule has 5 nitrogen and oxygen atoms in total. The van der Waals surface area contributed by atoms with Gasteiger partial charge in [-0.05, 0) is 26.0 Å². The Labute approximate surface area is 112 Å². The van der Waals surface area contributed by atoms with Gasteiger partial charge in [0.1, 0.15) is 11.7 Å². The topological polar surface area (TPSA) is 67.7 Å². The van der Waals surface area contributed by atoms with Gasteiger partial charge in [-0.1, -0.05) is 0 Å². The van der Waals surface area contributed by atoms with Gasteiger partial charge in [-0.3, -0.25) is 0 Å². The molecule has 19 heavy (non-hydrogen) atoms. The second-order valence-corrected chi connectivity index (χ2v) is 4.94. The standard InChI is InChI=1S/C14H17N5/c1-16-11-3-2-6-19(9-11)12-4-5-17-14-13(12)10(7-15)8-18-14/h4-5,8,11,16H,2-3,6,9H2,1H3,(H,17,18). The van der Waals surface area contributed by atoms with Crippen LogP contribution in [-0.2, 0) is 0 Å². The average Bonchev–Trinajstić information content (AvgIpc) is 2.90. The van der Waals surface area contributed by atoms with E-state index in [2.05, 4.69) is 26.3 Å². The first-order valence-electron chi connectivity index (χ1n) is 6.62. The van der Waals surface area contributed by atoms with Gasteiger partial charge in [0, 0.05) is 31.5 Å². The molecule has 0 saturated carbocycles. The Morgan fingerprint density at radius 1 is 1.58 bits per heavy atom. The third-order valence-electron chi connectivity index (χ3n) is 3.84. The largest absolute Gasteiger partial charge is 0.369 e. The Morgan fingerprint density at radius 2 is 2.47 bits per heavy atom. The summed E-state index contributed by atoms with van der Waals surface area (Å²) in [7, 11) is 2.01. The molecule has 2 aromatic rings. The average molecular weight is 255 g/mol. The number of likely N-dealkylation sites (N-methyl/N-ethyl adjacent to an activating group) is 1. The molecular weight excluding hydrogens is 238 g/mol. The van der Waals surface area contributed by atoms with Crippen molar-refractivity contribution in [3.05, 3.63) is 24.0 Å². The molecule has 0 amide bonds. The normalized spacial score (nSPS) is 19.6. The fraction of sp³-hybridized carbons (Fsp3) is 0.429. The zero-order valence-corrected chi connectivity index (χ0v) is 11.0. The van der Waals surface area contributed by atoms with Crippen LogP contribution < -0.4 is 10.2 Å². The monoisotopic (exact) mass is 255 g/mol. The number of H-pyrrole nitrogens is 1. The van der Waals surface area contributed by atoms with Gasteiger partial charge >= 0.3 is 0 Å². The highest BCUT2D eigenvalue weighted by Gasteiger charge is 2.21. The third-order valence-corrected chi connectivity index (χ3v) is 3.84.